The number of benzene rings is 1. The van der Waals surface area contributed by atoms with Crippen LogP contribution in [0.5, 0.6) is 0 Å². The molecule has 3 rings (SSSR count). The molecule has 1 aliphatic rings. The third-order valence-electron chi connectivity index (χ3n) is 4.17. The molecule has 24 heavy (non-hydrogen) atoms. The number of nitrogens with one attached hydrogen (secondary N) is 1. The van der Waals surface area contributed by atoms with Crippen LogP contribution in [0, 0.1) is 5.82 Å². The molecule has 1 aromatic carbocycles. The lowest BCUT2D eigenvalue weighted by atomic mass is 10.1. The molecule has 0 spiro atoms. The molecule has 6 heteroatoms. The molecule has 0 saturated carbocycles. The van der Waals surface area contributed by atoms with Crippen LogP contribution < -0.4 is 10.2 Å². The van der Waals surface area contributed by atoms with Gasteiger partial charge in [0.15, 0.2) is 5.13 Å². The van der Waals surface area contributed by atoms with Gasteiger partial charge in [0.25, 0.3) is 0 Å². The fraction of sp³-hybridized carbons (Fsp3) is 0.444. The van der Waals surface area contributed by atoms with E-state index in [-0.39, 0.29) is 17.8 Å². The molecule has 0 aliphatic carbocycles. The van der Waals surface area contributed by atoms with Gasteiger partial charge in [0.2, 0.25) is 5.91 Å². The first kappa shape index (κ1) is 16.9. The second-order valence-electron chi connectivity index (χ2n) is 6.12. The van der Waals surface area contributed by atoms with E-state index in [9.17, 15) is 9.18 Å². The monoisotopic (exact) mass is 347 g/mol. The van der Waals surface area contributed by atoms with E-state index in [1.165, 1.54) is 12.1 Å². The number of aromatic nitrogens is 1. The van der Waals surface area contributed by atoms with Gasteiger partial charge in [0.1, 0.15) is 5.82 Å². The van der Waals surface area contributed by atoms with Crippen LogP contribution in [0.15, 0.2) is 29.6 Å². The molecule has 1 unspecified atom stereocenters. The lowest BCUT2D eigenvalue weighted by molar-refractivity contribution is -0.121. The molecular weight excluding hydrogens is 325 g/mol. The maximum absolute atomic E-state index is 13.0. The Morgan fingerprint density at radius 1 is 1.42 bits per heavy atom. The first-order valence-electron chi connectivity index (χ1n) is 8.41. The molecule has 2 aromatic rings. The predicted octanol–water partition coefficient (Wildman–Crippen LogP) is 3.83. The normalized spacial score (nSPS) is 17.8. The average molecular weight is 347 g/mol. The van der Waals surface area contributed by atoms with Gasteiger partial charge in [0, 0.05) is 36.5 Å². The van der Waals surface area contributed by atoms with Gasteiger partial charge in [-0.25, -0.2) is 9.37 Å². The maximum Gasteiger partial charge on any atom is 0.220 e. The van der Waals surface area contributed by atoms with Crippen molar-refractivity contribution in [2.75, 3.05) is 18.0 Å². The van der Waals surface area contributed by atoms with E-state index >= 15 is 0 Å². The van der Waals surface area contributed by atoms with Gasteiger partial charge in [0.05, 0.1) is 5.69 Å². The van der Waals surface area contributed by atoms with Crippen molar-refractivity contribution in [1.29, 1.82) is 0 Å². The highest BCUT2D eigenvalue weighted by Crippen LogP contribution is 2.29. The number of anilines is 1. The Balaban J connectivity index is 1.66. The van der Waals surface area contributed by atoms with Crippen molar-refractivity contribution in [2.24, 2.45) is 0 Å². The first-order chi connectivity index (χ1) is 11.7. The molecule has 0 radical (unpaired) electrons. The SMILES string of the molecule is CCCC(=O)NC1CCCN(c2nc(-c3ccc(F)cc3)cs2)C1. The smallest absolute Gasteiger partial charge is 0.220 e. The van der Waals surface area contributed by atoms with Gasteiger partial charge < -0.3 is 10.2 Å². The first-order valence-corrected chi connectivity index (χ1v) is 9.29. The highest BCUT2D eigenvalue weighted by atomic mass is 32.1. The second-order valence-corrected chi connectivity index (χ2v) is 6.96. The summed E-state index contributed by atoms with van der Waals surface area (Å²) in [5.74, 6) is -0.105. The Hall–Kier alpha value is -1.95. The summed E-state index contributed by atoms with van der Waals surface area (Å²) in [7, 11) is 0. The Morgan fingerprint density at radius 3 is 2.96 bits per heavy atom. The highest BCUT2D eigenvalue weighted by Gasteiger charge is 2.23. The summed E-state index contributed by atoms with van der Waals surface area (Å²) in [6, 6.07) is 6.59. The fourth-order valence-corrected chi connectivity index (χ4v) is 3.83. The number of thiazole rings is 1. The number of piperidine rings is 1. The summed E-state index contributed by atoms with van der Waals surface area (Å²) in [6.07, 6.45) is 3.52. The second kappa shape index (κ2) is 7.75. The van der Waals surface area contributed by atoms with Crippen molar-refractivity contribution in [1.82, 2.24) is 10.3 Å². The number of nitrogens with zero attached hydrogens (tertiary/aromatic N) is 2. The van der Waals surface area contributed by atoms with Crippen molar-refractivity contribution in [3.8, 4) is 11.3 Å². The third-order valence-corrected chi connectivity index (χ3v) is 5.07. The van der Waals surface area contributed by atoms with E-state index in [0.717, 1.165) is 48.7 Å². The van der Waals surface area contributed by atoms with E-state index in [1.807, 2.05) is 12.3 Å². The summed E-state index contributed by atoms with van der Waals surface area (Å²) >= 11 is 1.59. The van der Waals surface area contributed by atoms with E-state index < -0.39 is 0 Å². The van der Waals surface area contributed by atoms with Crippen LogP contribution in [-0.2, 0) is 4.79 Å². The molecule has 1 saturated heterocycles. The topological polar surface area (TPSA) is 45.2 Å². The van der Waals surface area contributed by atoms with Gasteiger partial charge in [-0.3, -0.25) is 4.79 Å². The van der Waals surface area contributed by atoms with Crippen LogP contribution in [0.2, 0.25) is 0 Å². The number of hydrogen-bond donors (Lipinski definition) is 1. The van der Waals surface area contributed by atoms with E-state index in [2.05, 4.69) is 10.2 Å². The Morgan fingerprint density at radius 2 is 2.21 bits per heavy atom. The lowest BCUT2D eigenvalue weighted by Crippen LogP contribution is -2.47. The zero-order chi connectivity index (χ0) is 16.9. The summed E-state index contributed by atoms with van der Waals surface area (Å²) in [4.78, 5) is 18.7. The van der Waals surface area contributed by atoms with Crippen molar-refractivity contribution in [3.05, 3.63) is 35.5 Å². The highest BCUT2D eigenvalue weighted by molar-refractivity contribution is 7.14. The molecule has 4 nitrogen and oxygen atoms in total. The van der Waals surface area contributed by atoms with Crippen LogP contribution in [0.1, 0.15) is 32.6 Å². The Kier molecular flexibility index (Phi) is 5.45. The minimum absolute atomic E-state index is 0.135. The molecule has 1 aliphatic heterocycles. The van der Waals surface area contributed by atoms with Crippen molar-refractivity contribution >= 4 is 22.4 Å². The fourth-order valence-electron chi connectivity index (χ4n) is 2.96. The summed E-state index contributed by atoms with van der Waals surface area (Å²) in [5.41, 5.74) is 1.79. The maximum atomic E-state index is 13.0. The molecular formula is C18H22FN3OS. The lowest BCUT2D eigenvalue weighted by Gasteiger charge is -2.33. The van der Waals surface area contributed by atoms with Crippen molar-refractivity contribution < 1.29 is 9.18 Å². The number of hydrogen-bond acceptors (Lipinski definition) is 4. The van der Waals surface area contributed by atoms with Gasteiger partial charge >= 0.3 is 0 Å². The Labute approximate surface area is 145 Å². The molecule has 128 valence electrons. The van der Waals surface area contributed by atoms with Crippen molar-refractivity contribution in [2.45, 2.75) is 38.6 Å². The molecule has 1 atom stereocenters. The largest absolute Gasteiger partial charge is 0.352 e. The van der Waals surface area contributed by atoms with Gasteiger partial charge in [-0.2, -0.15) is 0 Å². The quantitative estimate of drug-likeness (QED) is 0.894. The zero-order valence-corrected chi connectivity index (χ0v) is 14.6. The average Bonchev–Trinajstić information content (AvgIpc) is 3.06. The number of carbonyl (C=O) groups excluding carboxylic acids is 1. The van der Waals surface area contributed by atoms with Crippen molar-refractivity contribution in [3.63, 3.8) is 0 Å². The molecule has 1 N–H and O–H groups in total. The Bertz CT molecular complexity index is 686. The van der Waals surface area contributed by atoms with Crippen LogP contribution in [0.25, 0.3) is 11.3 Å². The number of rotatable bonds is 5. The molecule has 0 bridgehead atoms. The third kappa shape index (κ3) is 4.12. The summed E-state index contributed by atoms with van der Waals surface area (Å²) < 4.78 is 13.0. The molecule has 2 heterocycles. The summed E-state index contributed by atoms with van der Waals surface area (Å²) in [5, 5.41) is 6.08. The van der Waals surface area contributed by atoms with Gasteiger partial charge in [-0.1, -0.05) is 6.92 Å². The van der Waals surface area contributed by atoms with E-state index in [4.69, 9.17) is 4.98 Å². The number of amides is 1. The van der Waals surface area contributed by atoms with Crippen LogP contribution >= 0.6 is 11.3 Å². The van der Waals surface area contributed by atoms with Gasteiger partial charge in [-0.05, 0) is 43.5 Å². The minimum atomic E-state index is -0.240. The van der Waals surface area contributed by atoms with Crippen LogP contribution in [-0.4, -0.2) is 30.0 Å². The zero-order valence-electron chi connectivity index (χ0n) is 13.8. The molecule has 1 aromatic heterocycles. The predicted molar refractivity (Wildman–Crippen MR) is 95.8 cm³/mol. The standard InChI is InChI=1S/C18H22FN3OS/c1-2-4-17(23)20-15-5-3-10-22(11-15)18-21-16(12-24-18)13-6-8-14(19)9-7-13/h6-9,12,15H,2-5,10-11H2,1H3,(H,20,23). The van der Waals surface area contributed by atoms with E-state index in [1.54, 1.807) is 23.5 Å². The van der Waals surface area contributed by atoms with Gasteiger partial charge in [-0.15, -0.1) is 11.3 Å². The molecule has 1 fully saturated rings. The minimum Gasteiger partial charge on any atom is -0.352 e. The number of halogens is 1. The van der Waals surface area contributed by atoms with Crippen LogP contribution in [0.3, 0.4) is 0 Å². The summed E-state index contributed by atoms with van der Waals surface area (Å²) in [6.45, 7) is 3.77. The van der Waals surface area contributed by atoms with E-state index in [0.29, 0.717) is 6.42 Å². The molecule has 1 amide bonds. The van der Waals surface area contributed by atoms with Crippen LogP contribution in [0.4, 0.5) is 9.52 Å². The number of carbonyl (C=O) groups is 1.